The van der Waals surface area contributed by atoms with Gasteiger partial charge in [-0.1, -0.05) is 0 Å². The third-order valence-corrected chi connectivity index (χ3v) is 0.273. The first-order valence-electron chi connectivity index (χ1n) is 1.30. The van der Waals surface area contributed by atoms with Gasteiger partial charge >= 0.3 is 0 Å². The minimum Gasteiger partial charge on any atom is -0.254 e. The van der Waals surface area contributed by atoms with Crippen LogP contribution in [0.2, 0.25) is 0 Å². The second-order valence-corrected chi connectivity index (χ2v) is 0.601. The normalized spacial score (nSPS) is 8.00. The van der Waals surface area contributed by atoms with Crippen LogP contribution < -0.4 is 0 Å². The standard InChI is InChI=1S/C2H2O4/c1-2-4-6-5-3-1/h1-2H. The highest BCUT2D eigenvalue weighted by molar-refractivity contribution is 4.39. The summed E-state index contributed by atoms with van der Waals surface area (Å²) in [5.41, 5.74) is 0. The van der Waals surface area contributed by atoms with Crippen LogP contribution in [-0.4, -0.2) is 0 Å². The Morgan fingerprint density at radius 1 is 0.833 bits per heavy atom. The van der Waals surface area contributed by atoms with Crippen molar-refractivity contribution in [3.05, 3.63) is 12.5 Å². The Bertz CT molecular complexity index is 77.5. The molecule has 0 fully saturated rings. The molecule has 1 heterocycles. The molecule has 1 aromatic heterocycles. The van der Waals surface area contributed by atoms with Gasteiger partial charge in [0.25, 0.3) is 0 Å². The quantitative estimate of drug-likeness (QED) is 0.449. The first kappa shape index (κ1) is 3.14. The summed E-state index contributed by atoms with van der Waals surface area (Å²) in [5.74, 6) is 0. The van der Waals surface area contributed by atoms with Crippen molar-refractivity contribution >= 4 is 0 Å². The van der Waals surface area contributed by atoms with Crippen molar-refractivity contribution in [2.24, 2.45) is 0 Å². The fourth-order valence-electron chi connectivity index (χ4n) is 0.123. The van der Waals surface area contributed by atoms with Crippen molar-refractivity contribution < 1.29 is 18.6 Å². The highest BCUT2D eigenvalue weighted by Gasteiger charge is 1.62. The molecule has 0 unspecified atom stereocenters. The molecule has 0 N–H and O–H groups in total. The molecule has 4 heteroatoms. The molecular formula is C2H2O4. The van der Waals surface area contributed by atoms with Crippen molar-refractivity contribution in [3.8, 4) is 0 Å². The monoisotopic (exact) mass is 90.0 g/mol. The summed E-state index contributed by atoms with van der Waals surface area (Å²) in [4.78, 5) is 0. The predicted octanol–water partition coefficient (Wildman–Crippen LogP) is 1.18. The van der Waals surface area contributed by atoms with Crippen molar-refractivity contribution in [2.75, 3.05) is 0 Å². The average molecular weight is 90.0 g/mol. The minimum absolute atomic E-state index is 1.20. The summed E-state index contributed by atoms with van der Waals surface area (Å²) in [5, 5.41) is 0. The van der Waals surface area contributed by atoms with E-state index in [2.05, 4.69) is 18.6 Å². The van der Waals surface area contributed by atoms with Gasteiger partial charge in [0.2, 0.25) is 0 Å². The average Bonchev–Trinajstić information content (AvgIpc) is 1.72. The lowest BCUT2D eigenvalue weighted by atomic mass is 11.1. The van der Waals surface area contributed by atoms with Crippen LogP contribution in [0.3, 0.4) is 0 Å². The molecule has 0 saturated carbocycles. The van der Waals surface area contributed by atoms with Crippen molar-refractivity contribution in [3.63, 3.8) is 0 Å². The van der Waals surface area contributed by atoms with Crippen LogP contribution in [0.25, 0.3) is 0 Å². The molecule has 0 saturated heterocycles. The van der Waals surface area contributed by atoms with Gasteiger partial charge in [0.05, 0.1) is 0 Å². The third kappa shape index (κ3) is 0.453. The van der Waals surface area contributed by atoms with Gasteiger partial charge in [-0.3, -0.25) is 9.15 Å². The van der Waals surface area contributed by atoms with Crippen LogP contribution >= 0.6 is 0 Å². The summed E-state index contributed by atoms with van der Waals surface area (Å²) < 4.78 is 15.6. The van der Waals surface area contributed by atoms with Gasteiger partial charge in [-0.2, -0.15) is 0 Å². The van der Waals surface area contributed by atoms with E-state index in [1.807, 2.05) is 0 Å². The Labute approximate surface area is 32.4 Å². The van der Waals surface area contributed by atoms with E-state index in [0.717, 1.165) is 0 Å². The lowest BCUT2D eigenvalue weighted by Crippen LogP contribution is -1.48. The first-order chi connectivity index (χ1) is 3.00. The van der Waals surface area contributed by atoms with Crippen LogP contribution in [0.5, 0.6) is 0 Å². The molecule has 0 atom stereocenters. The van der Waals surface area contributed by atoms with Gasteiger partial charge in [0.15, 0.2) is 12.5 Å². The Kier molecular flexibility index (Phi) is 0.731. The molecule has 6 heavy (non-hydrogen) atoms. The Balaban J connectivity index is 3.00. The molecule has 0 aliphatic carbocycles. The number of rotatable bonds is 0. The molecule has 1 rings (SSSR count). The molecule has 1 aromatic rings. The summed E-state index contributed by atoms with van der Waals surface area (Å²) in [6.07, 6.45) is 2.40. The van der Waals surface area contributed by atoms with E-state index in [-0.39, 0.29) is 0 Å². The summed E-state index contributed by atoms with van der Waals surface area (Å²) in [7, 11) is 0. The molecule has 0 bridgehead atoms. The maximum atomic E-state index is 4.04. The molecular weight excluding hydrogens is 88.0 g/mol. The zero-order chi connectivity index (χ0) is 4.24. The Morgan fingerprint density at radius 3 is 1.50 bits per heavy atom. The lowest BCUT2D eigenvalue weighted by molar-refractivity contribution is -0.311. The van der Waals surface area contributed by atoms with Gasteiger partial charge in [-0.25, -0.2) is 0 Å². The van der Waals surface area contributed by atoms with Gasteiger partial charge < -0.3 is 0 Å². The van der Waals surface area contributed by atoms with Gasteiger partial charge in [0, 0.05) is 0 Å². The Hall–Kier alpha value is -1.06. The van der Waals surface area contributed by atoms with Crippen molar-refractivity contribution in [2.45, 2.75) is 0 Å². The number of hydrogen-bond acceptors (Lipinski definition) is 4. The van der Waals surface area contributed by atoms with E-state index < -0.39 is 0 Å². The largest absolute Gasteiger partial charge is 0.254 e. The molecule has 34 valence electrons. The molecule has 0 radical (unpaired) electrons. The van der Waals surface area contributed by atoms with Gasteiger partial charge in [-0.05, 0) is 9.47 Å². The van der Waals surface area contributed by atoms with Crippen molar-refractivity contribution in [1.82, 2.24) is 0 Å². The smallest absolute Gasteiger partial charge is 0.187 e. The third-order valence-electron chi connectivity index (χ3n) is 0.273. The van der Waals surface area contributed by atoms with Crippen LogP contribution in [0.1, 0.15) is 0 Å². The van der Waals surface area contributed by atoms with Crippen LogP contribution in [0, 0.1) is 0 Å². The van der Waals surface area contributed by atoms with Crippen LogP contribution in [0.4, 0.5) is 0 Å². The van der Waals surface area contributed by atoms with E-state index in [9.17, 15) is 0 Å². The zero-order valence-corrected chi connectivity index (χ0v) is 2.79. The minimum atomic E-state index is 1.20. The van der Waals surface area contributed by atoms with E-state index in [1.54, 1.807) is 0 Å². The Morgan fingerprint density at radius 2 is 1.33 bits per heavy atom. The fourth-order valence-corrected chi connectivity index (χ4v) is 0.123. The topological polar surface area (TPSA) is 52.6 Å². The summed E-state index contributed by atoms with van der Waals surface area (Å²) in [6.45, 7) is 0. The fraction of sp³-hybridized carbons (Fsp3) is 0. The molecule has 4 nitrogen and oxygen atoms in total. The highest BCUT2D eigenvalue weighted by atomic mass is 17.4. The molecule has 0 aromatic carbocycles. The predicted molar refractivity (Wildman–Crippen MR) is 13.1 cm³/mol. The zero-order valence-electron chi connectivity index (χ0n) is 2.79. The SMILES string of the molecule is c1coooo1. The van der Waals surface area contributed by atoms with E-state index >= 15 is 0 Å². The maximum Gasteiger partial charge on any atom is 0.187 e. The van der Waals surface area contributed by atoms with Crippen molar-refractivity contribution in [1.29, 1.82) is 0 Å². The van der Waals surface area contributed by atoms with E-state index in [4.69, 9.17) is 0 Å². The second kappa shape index (κ2) is 1.40. The highest BCUT2D eigenvalue weighted by Crippen LogP contribution is 1.79. The first-order valence-corrected chi connectivity index (χ1v) is 1.30. The molecule has 0 aliphatic heterocycles. The second-order valence-electron chi connectivity index (χ2n) is 0.601. The molecule has 0 spiro atoms. The van der Waals surface area contributed by atoms with E-state index in [0.29, 0.717) is 0 Å². The lowest BCUT2D eigenvalue weighted by Gasteiger charge is -1.69. The number of hydrogen-bond donors (Lipinski definition) is 0. The molecule has 0 aliphatic rings. The maximum absolute atomic E-state index is 4.04. The van der Waals surface area contributed by atoms with Crippen LogP contribution in [-0.2, 0) is 0 Å². The summed E-state index contributed by atoms with van der Waals surface area (Å²) in [6, 6.07) is 0. The van der Waals surface area contributed by atoms with Gasteiger partial charge in [0.1, 0.15) is 0 Å². The van der Waals surface area contributed by atoms with E-state index in [1.165, 1.54) is 12.5 Å². The molecule has 0 amide bonds. The van der Waals surface area contributed by atoms with Gasteiger partial charge in [-0.15, -0.1) is 0 Å². The van der Waals surface area contributed by atoms with Crippen LogP contribution in [0.15, 0.2) is 31.2 Å². The summed E-state index contributed by atoms with van der Waals surface area (Å²) >= 11 is 0.